The predicted octanol–water partition coefficient (Wildman–Crippen LogP) is 7.89. The summed E-state index contributed by atoms with van der Waals surface area (Å²) < 4.78 is 29.7. The first-order chi connectivity index (χ1) is 23.0. The number of halogens is 2. The van der Waals surface area contributed by atoms with Gasteiger partial charge < -0.3 is 10.2 Å². The number of hydrogen-bond acceptors (Lipinski definition) is 4. The molecule has 0 aliphatic heterocycles. The highest BCUT2D eigenvalue weighted by atomic mass is 35.5. The smallest absolute Gasteiger partial charge is 0.264 e. The van der Waals surface area contributed by atoms with Crippen molar-refractivity contribution in [1.82, 2.24) is 10.2 Å². The summed E-state index contributed by atoms with van der Waals surface area (Å²) in [4.78, 5) is 30.5. The van der Waals surface area contributed by atoms with E-state index in [-0.39, 0.29) is 29.8 Å². The third-order valence-corrected chi connectivity index (χ3v) is 11.3. The fourth-order valence-electron chi connectivity index (χ4n) is 6.10. The summed E-state index contributed by atoms with van der Waals surface area (Å²) in [5.41, 5.74) is 3.40. The van der Waals surface area contributed by atoms with Crippen molar-refractivity contribution >= 4 is 50.7 Å². The van der Waals surface area contributed by atoms with E-state index in [1.54, 1.807) is 48.5 Å². The molecule has 0 aromatic heterocycles. The third kappa shape index (κ3) is 8.78. The minimum absolute atomic E-state index is 0.00363. The van der Waals surface area contributed by atoms with Gasteiger partial charge in [-0.15, -0.1) is 0 Å². The average molecular weight is 707 g/mol. The monoisotopic (exact) mass is 705 g/mol. The molecule has 4 aromatic rings. The topological polar surface area (TPSA) is 86.8 Å². The van der Waals surface area contributed by atoms with Crippen molar-refractivity contribution in [1.29, 1.82) is 0 Å². The van der Waals surface area contributed by atoms with Crippen LogP contribution in [0.1, 0.15) is 54.4 Å². The highest BCUT2D eigenvalue weighted by Crippen LogP contribution is 2.30. The highest BCUT2D eigenvalue weighted by molar-refractivity contribution is 7.92. The van der Waals surface area contributed by atoms with Crippen molar-refractivity contribution in [2.45, 2.75) is 75.9 Å². The second-order valence-corrected chi connectivity index (χ2v) is 15.1. The van der Waals surface area contributed by atoms with Gasteiger partial charge in [0.2, 0.25) is 11.8 Å². The van der Waals surface area contributed by atoms with Gasteiger partial charge in [-0.05, 0) is 74.2 Å². The third-order valence-electron chi connectivity index (χ3n) is 8.79. The van der Waals surface area contributed by atoms with Crippen LogP contribution < -0.4 is 9.62 Å². The van der Waals surface area contributed by atoms with Gasteiger partial charge in [0.25, 0.3) is 10.0 Å². The lowest BCUT2D eigenvalue weighted by atomic mass is 9.94. The van der Waals surface area contributed by atoms with E-state index in [1.807, 2.05) is 50.2 Å². The highest BCUT2D eigenvalue weighted by Gasteiger charge is 2.36. The van der Waals surface area contributed by atoms with E-state index in [2.05, 4.69) is 5.32 Å². The number of nitrogens with zero attached hydrogens (tertiary/aromatic N) is 2. The van der Waals surface area contributed by atoms with E-state index in [4.69, 9.17) is 23.2 Å². The van der Waals surface area contributed by atoms with Crippen molar-refractivity contribution in [2.24, 2.45) is 0 Å². The summed E-state index contributed by atoms with van der Waals surface area (Å²) in [5, 5.41) is 3.90. The molecule has 1 fully saturated rings. The maximum absolute atomic E-state index is 14.8. The predicted molar refractivity (Wildman–Crippen MR) is 193 cm³/mol. The number of amides is 2. The van der Waals surface area contributed by atoms with Gasteiger partial charge >= 0.3 is 0 Å². The van der Waals surface area contributed by atoms with E-state index in [0.717, 1.165) is 53.1 Å². The number of rotatable bonds is 12. The SMILES string of the molecule is Cc1ccc(S(=O)(=O)N(CC(=O)N(Cc2c(Cl)cccc2Cl)[C@H](Cc2ccccc2)C(=O)NC2CCCCC2)c2cccc(C)c2)cc1. The number of sulfonamides is 1. The molecule has 1 atom stereocenters. The van der Waals surface area contributed by atoms with Crippen LogP contribution >= 0.6 is 23.2 Å². The summed E-state index contributed by atoms with van der Waals surface area (Å²) in [6, 6.07) is 27.1. The molecule has 252 valence electrons. The van der Waals surface area contributed by atoms with Gasteiger partial charge in [0.15, 0.2) is 0 Å². The maximum Gasteiger partial charge on any atom is 0.264 e. The number of carbonyl (C=O) groups is 2. The largest absolute Gasteiger partial charge is 0.352 e. The first-order valence-electron chi connectivity index (χ1n) is 16.3. The summed E-state index contributed by atoms with van der Waals surface area (Å²) in [6.45, 7) is 3.09. The fraction of sp³-hybridized carbons (Fsp3) is 0.316. The molecule has 1 aliphatic carbocycles. The van der Waals surface area contributed by atoms with Gasteiger partial charge in [-0.2, -0.15) is 0 Å². The lowest BCUT2D eigenvalue weighted by Gasteiger charge is -2.35. The Hall–Kier alpha value is -3.85. The van der Waals surface area contributed by atoms with Crippen LogP contribution in [0.5, 0.6) is 0 Å². The summed E-state index contributed by atoms with van der Waals surface area (Å²) in [7, 11) is -4.20. The average Bonchev–Trinajstić information content (AvgIpc) is 3.07. The number of carbonyl (C=O) groups excluding carboxylic acids is 2. The molecule has 5 rings (SSSR count). The second kappa shape index (κ2) is 16.0. The Morgan fingerprint density at radius 2 is 1.46 bits per heavy atom. The Labute approximate surface area is 293 Å². The van der Waals surface area contributed by atoms with Crippen LogP contribution in [0, 0.1) is 13.8 Å². The second-order valence-electron chi connectivity index (χ2n) is 12.4. The number of aryl methyl sites for hydroxylation is 2. The summed E-state index contributed by atoms with van der Waals surface area (Å²) in [5.74, 6) is -0.867. The molecule has 10 heteroatoms. The van der Waals surface area contributed by atoms with Crippen LogP contribution in [0.25, 0.3) is 0 Å². The molecule has 0 saturated heterocycles. The van der Waals surface area contributed by atoms with Crippen LogP contribution in [0.3, 0.4) is 0 Å². The van der Waals surface area contributed by atoms with E-state index in [1.165, 1.54) is 17.0 Å². The van der Waals surface area contributed by atoms with Gasteiger partial charge in [0.1, 0.15) is 12.6 Å². The van der Waals surface area contributed by atoms with Crippen LogP contribution in [0.2, 0.25) is 10.0 Å². The van der Waals surface area contributed by atoms with Crippen LogP contribution in [0.15, 0.2) is 102 Å². The van der Waals surface area contributed by atoms with Gasteiger partial charge in [0, 0.05) is 34.6 Å². The molecule has 0 heterocycles. The Balaban J connectivity index is 1.59. The molecule has 0 bridgehead atoms. The zero-order valence-electron chi connectivity index (χ0n) is 27.2. The van der Waals surface area contributed by atoms with Crippen molar-refractivity contribution in [3.05, 3.63) is 129 Å². The quantitative estimate of drug-likeness (QED) is 0.162. The molecule has 0 spiro atoms. The standard InChI is InChI=1S/C38H41Cl2N3O4S/c1-27-19-21-32(22-20-27)48(46,47)43(31-16-9-11-28(2)23-31)26-37(44)42(25-33-34(39)17-10-18-35(33)40)36(24-29-12-5-3-6-13-29)38(45)41-30-14-7-4-8-15-30/h3,5-6,9-13,16-23,30,36H,4,7-8,14-15,24-26H2,1-2H3,(H,41,45)/t36-/m1/s1. The molecular weight excluding hydrogens is 665 g/mol. The fourth-order valence-corrected chi connectivity index (χ4v) is 8.02. The van der Waals surface area contributed by atoms with Crippen molar-refractivity contribution in [3.63, 3.8) is 0 Å². The van der Waals surface area contributed by atoms with E-state index in [9.17, 15) is 18.0 Å². The van der Waals surface area contributed by atoms with Gasteiger partial charge in [-0.1, -0.05) is 109 Å². The Morgan fingerprint density at radius 3 is 2.10 bits per heavy atom. The van der Waals surface area contributed by atoms with Gasteiger partial charge in [0.05, 0.1) is 10.6 Å². The van der Waals surface area contributed by atoms with Gasteiger partial charge in [-0.3, -0.25) is 13.9 Å². The maximum atomic E-state index is 14.8. The number of benzene rings is 4. The number of hydrogen-bond donors (Lipinski definition) is 1. The molecule has 0 unspecified atom stereocenters. The molecule has 1 aliphatic rings. The molecule has 0 radical (unpaired) electrons. The summed E-state index contributed by atoms with van der Waals surface area (Å²) >= 11 is 13.3. The Morgan fingerprint density at radius 1 is 0.812 bits per heavy atom. The number of nitrogens with one attached hydrogen (secondary N) is 1. The van der Waals surface area contributed by atoms with E-state index < -0.39 is 28.5 Å². The van der Waals surface area contributed by atoms with Crippen molar-refractivity contribution < 1.29 is 18.0 Å². The molecule has 1 saturated carbocycles. The normalized spacial score (nSPS) is 14.2. The molecular formula is C38H41Cl2N3O4S. The Bertz CT molecular complexity index is 1810. The zero-order valence-corrected chi connectivity index (χ0v) is 29.6. The zero-order chi connectivity index (χ0) is 34.3. The lowest BCUT2D eigenvalue weighted by Crippen LogP contribution is -2.55. The van der Waals surface area contributed by atoms with Crippen LogP contribution in [-0.2, 0) is 32.6 Å². The number of anilines is 1. The van der Waals surface area contributed by atoms with Gasteiger partial charge in [-0.25, -0.2) is 8.42 Å². The first-order valence-corrected chi connectivity index (χ1v) is 18.5. The van der Waals surface area contributed by atoms with E-state index >= 15 is 0 Å². The first kappa shape index (κ1) is 35.5. The minimum atomic E-state index is -4.20. The molecule has 48 heavy (non-hydrogen) atoms. The van der Waals surface area contributed by atoms with Crippen molar-refractivity contribution in [3.8, 4) is 0 Å². The van der Waals surface area contributed by atoms with Crippen LogP contribution in [-0.4, -0.2) is 43.8 Å². The molecule has 2 amide bonds. The van der Waals surface area contributed by atoms with Crippen LogP contribution in [0.4, 0.5) is 5.69 Å². The Kier molecular flexibility index (Phi) is 11.8. The minimum Gasteiger partial charge on any atom is -0.352 e. The van der Waals surface area contributed by atoms with Crippen molar-refractivity contribution in [2.75, 3.05) is 10.8 Å². The molecule has 7 nitrogen and oxygen atoms in total. The summed E-state index contributed by atoms with van der Waals surface area (Å²) in [6.07, 6.45) is 5.11. The lowest BCUT2D eigenvalue weighted by molar-refractivity contribution is -0.140. The van der Waals surface area contributed by atoms with E-state index in [0.29, 0.717) is 21.3 Å². The molecule has 1 N–H and O–H groups in total. The molecule has 4 aromatic carbocycles.